The van der Waals surface area contributed by atoms with Crippen LogP contribution in [-0.2, 0) is 13.2 Å². The first kappa shape index (κ1) is 14.5. The van der Waals surface area contributed by atoms with Crippen LogP contribution in [0.15, 0.2) is 40.8 Å². The van der Waals surface area contributed by atoms with Gasteiger partial charge in [0, 0.05) is 24.5 Å². The highest BCUT2D eigenvalue weighted by Gasteiger charge is 2.03. The second-order valence-electron chi connectivity index (χ2n) is 4.60. The third-order valence-corrected chi connectivity index (χ3v) is 3.34. The van der Waals surface area contributed by atoms with Crippen molar-refractivity contribution >= 4 is 11.4 Å². The van der Waals surface area contributed by atoms with Crippen LogP contribution in [0.3, 0.4) is 0 Å². The van der Waals surface area contributed by atoms with Gasteiger partial charge in [0.25, 0.3) is 0 Å². The number of rotatable bonds is 7. The van der Waals surface area contributed by atoms with Crippen molar-refractivity contribution in [3.8, 4) is 0 Å². The summed E-state index contributed by atoms with van der Waals surface area (Å²) >= 11 is 0. The van der Waals surface area contributed by atoms with Gasteiger partial charge in [-0.2, -0.15) is 0 Å². The van der Waals surface area contributed by atoms with Crippen molar-refractivity contribution < 1.29 is 9.52 Å². The molecule has 4 heteroatoms. The van der Waals surface area contributed by atoms with Gasteiger partial charge in [-0.05, 0) is 50.2 Å². The SMILES string of the molecule is CCN(CC)c1ccc(NCc2ccc(CO)o2)cc1. The zero-order valence-corrected chi connectivity index (χ0v) is 12.1. The molecule has 0 saturated carbocycles. The van der Waals surface area contributed by atoms with Gasteiger partial charge in [-0.3, -0.25) is 0 Å². The quantitative estimate of drug-likeness (QED) is 0.814. The number of nitrogens with one attached hydrogen (secondary N) is 1. The first-order valence-electron chi connectivity index (χ1n) is 7.04. The molecule has 1 heterocycles. The van der Waals surface area contributed by atoms with E-state index >= 15 is 0 Å². The molecule has 2 aromatic rings. The summed E-state index contributed by atoms with van der Waals surface area (Å²) in [7, 11) is 0. The van der Waals surface area contributed by atoms with Crippen molar-refractivity contribution in [3.63, 3.8) is 0 Å². The van der Waals surface area contributed by atoms with E-state index in [0.717, 1.165) is 24.5 Å². The average Bonchev–Trinajstić information content (AvgIpc) is 2.96. The largest absolute Gasteiger partial charge is 0.462 e. The summed E-state index contributed by atoms with van der Waals surface area (Å²) in [5, 5.41) is 12.3. The molecule has 2 rings (SSSR count). The Kier molecular flexibility index (Phi) is 5.07. The molecule has 2 N–H and O–H groups in total. The Morgan fingerprint density at radius 1 is 1.00 bits per heavy atom. The van der Waals surface area contributed by atoms with Gasteiger partial charge in [0.15, 0.2) is 0 Å². The molecule has 0 spiro atoms. The maximum absolute atomic E-state index is 8.95. The topological polar surface area (TPSA) is 48.6 Å². The maximum atomic E-state index is 8.95. The molecule has 0 amide bonds. The number of aliphatic hydroxyl groups excluding tert-OH is 1. The van der Waals surface area contributed by atoms with E-state index in [1.807, 2.05) is 6.07 Å². The van der Waals surface area contributed by atoms with Crippen LogP contribution in [0.1, 0.15) is 25.4 Å². The standard InChI is InChI=1S/C16H22N2O2/c1-3-18(4-2)14-7-5-13(6-8-14)17-11-15-9-10-16(12-19)20-15/h5-10,17,19H,3-4,11-12H2,1-2H3. The van der Waals surface area contributed by atoms with E-state index in [0.29, 0.717) is 12.3 Å². The molecule has 0 saturated heterocycles. The van der Waals surface area contributed by atoms with Crippen molar-refractivity contribution in [2.75, 3.05) is 23.3 Å². The van der Waals surface area contributed by atoms with Crippen LogP contribution in [0, 0.1) is 0 Å². The zero-order valence-electron chi connectivity index (χ0n) is 12.1. The van der Waals surface area contributed by atoms with Gasteiger partial charge in [-0.15, -0.1) is 0 Å². The monoisotopic (exact) mass is 274 g/mol. The summed E-state index contributed by atoms with van der Waals surface area (Å²) < 4.78 is 5.43. The van der Waals surface area contributed by atoms with Gasteiger partial charge in [-0.1, -0.05) is 0 Å². The van der Waals surface area contributed by atoms with E-state index in [4.69, 9.17) is 9.52 Å². The number of hydrogen-bond acceptors (Lipinski definition) is 4. The van der Waals surface area contributed by atoms with Crippen molar-refractivity contribution in [3.05, 3.63) is 47.9 Å². The minimum Gasteiger partial charge on any atom is -0.462 e. The van der Waals surface area contributed by atoms with E-state index in [1.165, 1.54) is 5.69 Å². The van der Waals surface area contributed by atoms with E-state index in [1.54, 1.807) is 6.07 Å². The summed E-state index contributed by atoms with van der Waals surface area (Å²) in [5.41, 5.74) is 2.30. The minimum atomic E-state index is -0.0570. The Balaban J connectivity index is 1.93. The lowest BCUT2D eigenvalue weighted by molar-refractivity contribution is 0.244. The number of furan rings is 1. The molecule has 0 radical (unpaired) electrons. The van der Waals surface area contributed by atoms with Gasteiger partial charge in [0.05, 0.1) is 6.54 Å². The highest BCUT2D eigenvalue weighted by atomic mass is 16.4. The van der Waals surface area contributed by atoms with Crippen molar-refractivity contribution in [2.24, 2.45) is 0 Å². The van der Waals surface area contributed by atoms with Gasteiger partial charge >= 0.3 is 0 Å². The summed E-state index contributed by atoms with van der Waals surface area (Å²) in [5.74, 6) is 1.42. The number of aliphatic hydroxyl groups is 1. The summed E-state index contributed by atoms with van der Waals surface area (Å²) in [4.78, 5) is 2.31. The summed E-state index contributed by atoms with van der Waals surface area (Å²) in [6, 6.07) is 12.1. The van der Waals surface area contributed by atoms with E-state index < -0.39 is 0 Å². The lowest BCUT2D eigenvalue weighted by Gasteiger charge is -2.21. The fraction of sp³-hybridized carbons (Fsp3) is 0.375. The van der Waals surface area contributed by atoms with Crippen molar-refractivity contribution in [1.29, 1.82) is 0 Å². The smallest absolute Gasteiger partial charge is 0.129 e. The molecule has 0 aliphatic carbocycles. The highest BCUT2D eigenvalue weighted by molar-refractivity contribution is 5.55. The summed E-state index contributed by atoms with van der Waals surface area (Å²) in [6.07, 6.45) is 0. The van der Waals surface area contributed by atoms with Gasteiger partial charge in [0.1, 0.15) is 18.1 Å². The Bertz CT molecular complexity index is 516. The predicted molar refractivity (Wildman–Crippen MR) is 82.0 cm³/mol. The van der Waals surface area contributed by atoms with Crippen LogP contribution in [0.4, 0.5) is 11.4 Å². The third kappa shape index (κ3) is 3.54. The van der Waals surface area contributed by atoms with Gasteiger partial charge in [-0.25, -0.2) is 0 Å². The van der Waals surface area contributed by atoms with Crippen LogP contribution < -0.4 is 10.2 Å². The Morgan fingerprint density at radius 3 is 2.20 bits per heavy atom. The Labute approximate surface area is 120 Å². The molecule has 0 fully saturated rings. The number of benzene rings is 1. The summed E-state index contributed by atoms with van der Waals surface area (Å²) in [6.45, 7) is 6.90. The molecule has 20 heavy (non-hydrogen) atoms. The molecule has 1 aromatic carbocycles. The van der Waals surface area contributed by atoms with Crippen LogP contribution in [0.25, 0.3) is 0 Å². The molecule has 4 nitrogen and oxygen atoms in total. The Hall–Kier alpha value is -1.94. The third-order valence-electron chi connectivity index (χ3n) is 3.34. The fourth-order valence-corrected chi connectivity index (χ4v) is 2.17. The minimum absolute atomic E-state index is 0.0570. The van der Waals surface area contributed by atoms with Crippen LogP contribution in [-0.4, -0.2) is 18.2 Å². The van der Waals surface area contributed by atoms with Crippen LogP contribution >= 0.6 is 0 Å². The second-order valence-corrected chi connectivity index (χ2v) is 4.60. The molecule has 0 bridgehead atoms. The average molecular weight is 274 g/mol. The highest BCUT2D eigenvalue weighted by Crippen LogP contribution is 2.18. The second kappa shape index (κ2) is 7.01. The molecule has 1 aromatic heterocycles. The molecule has 0 aliphatic heterocycles. The van der Waals surface area contributed by atoms with Gasteiger partial charge < -0.3 is 19.7 Å². The van der Waals surface area contributed by atoms with Gasteiger partial charge in [0.2, 0.25) is 0 Å². The lowest BCUT2D eigenvalue weighted by Crippen LogP contribution is -2.21. The van der Waals surface area contributed by atoms with Crippen molar-refractivity contribution in [1.82, 2.24) is 0 Å². The van der Waals surface area contributed by atoms with Crippen molar-refractivity contribution in [2.45, 2.75) is 27.0 Å². The number of anilines is 2. The normalized spacial score (nSPS) is 10.6. The lowest BCUT2D eigenvalue weighted by atomic mass is 10.2. The first-order chi connectivity index (χ1) is 9.76. The molecule has 0 unspecified atom stereocenters. The predicted octanol–water partition coefficient (Wildman–Crippen LogP) is 3.23. The number of hydrogen-bond donors (Lipinski definition) is 2. The molecule has 0 atom stereocenters. The Morgan fingerprint density at radius 2 is 1.65 bits per heavy atom. The molecule has 108 valence electrons. The number of nitrogens with zero attached hydrogens (tertiary/aromatic N) is 1. The van der Waals surface area contributed by atoms with E-state index in [2.05, 4.69) is 48.3 Å². The maximum Gasteiger partial charge on any atom is 0.129 e. The molecular weight excluding hydrogens is 252 g/mol. The zero-order chi connectivity index (χ0) is 14.4. The van der Waals surface area contributed by atoms with Crippen LogP contribution in [0.2, 0.25) is 0 Å². The first-order valence-corrected chi connectivity index (χ1v) is 7.04. The molecule has 0 aliphatic rings. The van der Waals surface area contributed by atoms with E-state index in [9.17, 15) is 0 Å². The van der Waals surface area contributed by atoms with E-state index in [-0.39, 0.29) is 6.61 Å². The fourth-order valence-electron chi connectivity index (χ4n) is 2.17. The molecular formula is C16H22N2O2. The van der Waals surface area contributed by atoms with Crippen LogP contribution in [0.5, 0.6) is 0 Å².